The van der Waals surface area contributed by atoms with Crippen LogP contribution in [0.3, 0.4) is 0 Å². The molecule has 0 aromatic heterocycles. The molecule has 0 amide bonds. The lowest BCUT2D eigenvalue weighted by Gasteiger charge is -2.25. The van der Waals surface area contributed by atoms with Crippen LogP contribution in [0.5, 0.6) is 0 Å². The van der Waals surface area contributed by atoms with E-state index in [0.717, 1.165) is 29.8 Å². The van der Waals surface area contributed by atoms with E-state index in [-0.39, 0.29) is 6.61 Å². The highest BCUT2D eigenvalue weighted by molar-refractivity contribution is 9.10. The lowest BCUT2D eigenvalue weighted by Crippen LogP contribution is -2.30. The minimum absolute atomic E-state index is 0.122. The van der Waals surface area contributed by atoms with Gasteiger partial charge in [-0.2, -0.15) is 0 Å². The number of rotatable bonds is 11. The van der Waals surface area contributed by atoms with Gasteiger partial charge in [0.25, 0.3) is 0 Å². The number of halogens is 1. The van der Waals surface area contributed by atoms with Crippen LogP contribution in [0.4, 0.5) is 5.69 Å². The first-order valence-electron chi connectivity index (χ1n) is 7.05. The molecule has 21 heavy (non-hydrogen) atoms. The predicted molar refractivity (Wildman–Crippen MR) is 88.9 cm³/mol. The normalized spacial score (nSPS) is 10.9. The average Bonchev–Trinajstić information content (AvgIpc) is 2.48. The van der Waals surface area contributed by atoms with Crippen molar-refractivity contribution in [1.82, 2.24) is 5.32 Å². The van der Waals surface area contributed by atoms with Gasteiger partial charge in [-0.3, -0.25) is 0 Å². The van der Waals surface area contributed by atoms with Crippen molar-refractivity contribution < 1.29 is 14.6 Å². The van der Waals surface area contributed by atoms with Gasteiger partial charge in [-0.25, -0.2) is 0 Å². The molecular weight excluding hydrogens is 336 g/mol. The number of aliphatic hydroxyl groups is 1. The highest BCUT2D eigenvalue weighted by atomic mass is 79.9. The Hall–Kier alpha value is -0.660. The van der Waals surface area contributed by atoms with E-state index in [2.05, 4.69) is 44.3 Å². The molecule has 1 rings (SSSR count). The lowest BCUT2D eigenvalue weighted by atomic mass is 10.2. The fraction of sp³-hybridized carbons (Fsp3) is 0.600. The molecule has 0 spiro atoms. The van der Waals surface area contributed by atoms with Crippen molar-refractivity contribution in [2.24, 2.45) is 0 Å². The van der Waals surface area contributed by atoms with Crippen LogP contribution in [0.2, 0.25) is 0 Å². The third kappa shape index (κ3) is 6.76. The van der Waals surface area contributed by atoms with Crippen LogP contribution in [0.15, 0.2) is 22.7 Å². The Morgan fingerprint density at radius 1 is 1.19 bits per heavy atom. The van der Waals surface area contributed by atoms with E-state index in [9.17, 15) is 5.11 Å². The number of hydrogen-bond acceptors (Lipinski definition) is 5. The van der Waals surface area contributed by atoms with Crippen LogP contribution in [-0.4, -0.2) is 58.8 Å². The van der Waals surface area contributed by atoms with Gasteiger partial charge in [0.15, 0.2) is 0 Å². The Balaban J connectivity index is 2.65. The second-order valence-electron chi connectivity index (χ2n) is 4.66. The van der Waals surface area contributed by atoms with Gasteiger partial charge in [0.05, 0.1) is 25.5 Å². The number of ether oxygens (including phenoxy) is 2. The van der Waals surface area contributed by atoms with E-state index in [1.807, 2.05) is 0 Å². The molecule has 5 nitrogen and oxygen atoms in total. The fourth-order valence-corrected chi connectivity index (χ4v) is 2.68. The van der Waals surface area contributed by atoms with Crippen LogP contribution >= 0.6 is 15.9 Å². The van der Waals surface area contributed by atoms with Gasteiger partial charge in [-0.05, 0) is 33.6 Å². The highest BCUT2D eigenvalue weighted by Crippen LogP contribution is 2.27. The fourth-order valence-electron chi connectivity index (χ4n) is 2.00. The lowest BCUT2D eigenvalue weighted by molar-refractivity contribution is 0.199. The van der Waals surface area contributed by atoms with Crippen molar-refractivity contribution in [1.29, 1.82) is 0 Å². The summed E-state index contributed by atoms with van der Waals surface area (Å²) in [5.74, 6) is 0. The maximum atomic E-state index is 9.19. The Kier molecular flexibility index (Phi) is 9.62. The first-order valence-corrected chi connectivity index (χ1v) is 7.85. The molecule has 2 N–H and O–H groups in total. The van der Waals surface area contributed by atoms with Gasteiger partial charge in [0.1, 0.15) is 0 Å². The molecule has 0 aliphatic carbocycles. The van der Waals surface area contributed by atoms with E-state index >= 15 is 0 Å². The molecule has 0 unspecified atom stereocenters. The SMILES string of the molecule is COCCNCc1ccc(N(CCO)CCOC)c(Br)c1. The summed E-state index contributed by atoms with van der Waals surface area (Å²) in [6.45, 7) is 4.44. The summed E-state index contributed by atoms with van der Waals surface area (Å²) in [7, 11) is 3.38. The van der Waals surface area contributed by atoms with E-state index in [4.69, 9.17) is 9.47 Å². The molecule has 6 heteroatoms. The van der Waals surface area contributed by atoms with Crippen molar-refractivity contribution in [3.8, 4) is 0 Å². The summed E-state index contributed by atoms with van der Waals surface area (Å²) in [6.07, 6.45) is 0. The van der Waals surface area contributed by atoms with E-state index in [1.54, 1.807) is 14.2 Å². The molecule has 0 saturated heterocycles. The van der Waals surface area contributed by atoms with Crippen LogP contribution < -0.4 is 10.2 Å². The minimum Gasteiger partial charge on any atom is -0.395 e. The summed E-state index contributed by atoms with van der Waals surface area (Å²) in [5, 5.41) is 12.5. The first kappa shape index (κ1) is 18.4. The van der Waals surface area contributed by atoms with Gasteiger partial charge in [-0.15, -0.1) is 0 Å². The second-order valence-corrected chi connectivity index (χ2v) is 5.51. The standard InChI is InChI=1S/C15H25BrN2O3/c1-20-9-5-17-12-13-3-4-15(14(16)11-13)18(6-8-19)7-10-21-2/h3-4,11,17,19H,5-10,12H2,1-2H3. The van der Waals surface area contributed by atoms with Crippen molar-refractivity contribution in [3.05, 3.63) is 28.2 Å². The van der Waals surface area contributed by atoms with Crippen LogP contribution in [-0.2, 0) is 16.0 Å². The summed E-state index contributed by atoms with van der Waals surface area (Å²) < 4.78 is 11.1. The minimum atomic E-state index is 0.122. The largest absolute Gasteiger partial charge is 0.395 e. The number of nitrogens with one attached hydrogen (secondary N) is 1. The molecule has 0 aliphatic rings. The van der Waals surface area contributed by atoms with E-state index in [0.29, 0.717) is 19.8 Å². The third-order valence-electron chi connectivity index (χ3n) is 3.10. The van der Waals surface area contributed by atoms with Crippen molar-refractivity contribution in [3.63, 3.8) is 0 Å². The van der Waals surface area contributed by atoms with Crippen LogP contribution in [0.1, 0.15) is 5.56 Å². The quantitative estimate of drug-likeness (QED) is 0.587. The van der Waals surface area contributed by atoms with Gasteiger partial charge in [0.2, 0.25) is 0 Å². The Labute approximate surface area is 135 Å². The molecule has 0 radical (unpaired) electrons. The van der Waals surface area contributed by atoms with E-state index < -0.39 is 0 Å². The Bertz CT molecular complexity index is 405. The number of anilines is 1. The molecule has 0 saturated carbocycles. The molecule has 0 atom stereocenters. The maximum absolute atomic E-state index is 9.19. The molecule has 1 aromatic rings. The predicted octanol–water partition coefficient (Wildman–Crippen LogP) is 1.63. The number of benzene rings is 1. The van der Waals surface area contributed by atoms with Gasteiger partial charge < -0.3 is 24.8 Å². The van der Waals surface area contributed by atoms with Gasteiger partial charge in [0, 0.05) is 44.9 Å². The number of methoxy groups -OCH3 is 2. The smallest absolute Gasteiger partial charge is 0.0637 e. The average molecular weight is 361 g/mol. The maximum Gasteiger partial charge on any atom is 0.0637 e. The second kappa shape index (κ2) is 11.0. The Morgan fingerprint density at radius 2 is 1.95 bits per heavy atom. The van der Waals surface area contributed by atoms with Crippen LogP contribution in [0.25, 0.3) is 0 Å². The zero-order valence-corrected chi connectivity index (χ0v) is 14.4. The number of hydrogen-bond donors (Lipinski definition) is 2. The number of aliphatic hydroxyl groups excluding tert-OH is 1. The molecule has 0 bridgehead atoms. The van der Waals surface area contributed by atoms with Crippen molar-refractivity contribution in [2.45, 2.75) is 6.54 Å². The van der Waals surface area contributed by atoms with Crippen molar-refractivity contribution in [2.75, 3.05) is 58.6 Å². The number of nitrogens with zero attached hydrogens (tertiary/aromatic N) is 1. The first-order chi connectivity index (χ1) is 10.2. The third-order valence-corrected chi connectivity index (χ3v) is 3.74. The summed E-state index contributed by atoms with van der Waals surface area (Å²) in [5.41, 5.74) is 2.28. The molecule has 1 aromatic carbocycles. The molecule has 0 heterocycles. The zero-order chi connectivity index (χ0) is 15.5. The highest BCUT2D eigenvalue weighted by Gasteiger charge is 2.10. The molecule has 0 aliphatic heterocycles. The zero-order valence-electron chi connectivity index (χ0n) is 12.8. The Morgan fingerprint density at radius 3 is 2.57 bits per heavy atom. The van der Waals surface area contributed by atoms with Crippen molar-refractivity contribution >= 4 is 21.6 Å². The van der Waals surface area contributed by atoms with E-state index in [1.165, 1.54) is 5.56 Å². The summed E-state index contributed by atoms with van der Waals surface area (Å²) >= 11 is 3.62. The topological polar surface area (TPSA) is 54.0 Å². The van der Waals surface area contributed by atoms with Crippen LogP contribution in [0, 0.1) is 0 Å². The molecule has 0 fully saturated rings. The van der Waals surface area contributed by atoms with Gasteiger partial charge >= 0.3 is 0 Å². The van der Waals surface area contributed by atoms with Gasteiger partial charge in [-0.1, -0.05) is 6.07 Å². The molecule has 120 valence electrons. The molecular formula is C15H25BrN2O3. The summed E-state index contributed by atoms with van der Waals surface area (Å²) in [6, 6.07) is 6.27. The monoisotopic (exact) mass is 360 g/mol. The summed E-state index contributed by atoms with van der Waals surface area (Å²) in [4.78, 5) is 2.11.